The van der Waals surface area contributed by atoms with Crippen molar-refractivity contribution in [3.8, 4) is 0 Å². The molecule has 1 saturated carbocycles. The summed E-state index contributed by atoms with van der Waals surface area (Å²) in [7, 11) is 0. The van der Waals surface area contributed by atoms with Crippen LogP contribution in [0.15, 0.2) is 6.33 Å². The lowest BCUT2D eigenvalue weighted by Gasteiger charge is -2.31. The van der Waals surface area contributed by atoms with Crippen molar-refractivity contribution in [3.05, 3.63) is 11.9 Å². The van der Waals surface area contributed by atoms with E-state index in [0.29, 0.717) is 11.3 Å². The van der Waals surface area contributed by atoms with E-state index in [0.717, 1.165) is 23.7 Å². The first-order valence-corrected chi connectivity index (χ1v) is 8.39. The summed E-state index contributed by atoms with van der Waals surface area (Å²) in [6, 6.07) is 0.534. The molecule has 19 heavy (non-hydrogen) atoms. The summed E-state index contributed by atoms with van der Waals surface area (Å²) in [5, 5.41) is 7.62. The largest absolute Gasteiger partial charge is 0.370 e. The van der Waals surface area contributed by atoms with Crippen LogP contribution in [0.2, 0.25) is 0 Å². The normalized spacial score (nSPS) is 23.1. The van der Waals surface area contributed by atoms with E-state index in [4.69, 9.17) is 0 Å². The second-order valence-corrected chi connectivity index (χ2v) is 6.11. The van der Waals surface area contributed by atoms with Gasteiger partial charge in [0.05, 0.1) is 0 Å². The summed E-state index contributed by atoms with van der Waals surface area (Å²) < 4.78 is 0. The number of anilines is 2. The topological polar surface area (TPSA) is 49.8 Å². The van der Waals surface area contributed by atoms with Crippen molar-refractivity contribution >= 4 is 23.4 Å². The average molecular weight is 280 g/mol. The Kier molecular flexibility index (Phi) is 5.31. The van der Waals surface area contributed by atoms with Crippen LogP contribution in [0.1, 0.15) is 38.2 Å². The summed E-state index contributed by atoms with van der Waals surface area (Å²) in [6.45, 7) is 5.05. The molecule has 5 heteroatoms. The fraction of sp³-hybridized carbons (Fsp3) is 0.714. The van der Waals surface area contributed by atoms with Crippen molar-refractivity contribution in [2.45, 2.75) is 50.8 Å². The maximum absolute atomic E-state index is 4.41. The van der Waals surface area contributed by atoms with Gasteiger partial charge in [0.25, 0.3) is 0 Å². The Bertz CT molecular complexity index is 410. The van der Waals surface area contributed by atoms with Gasteiger partial charge in [0.15, 0.2) is 0 Å². The lowest BCUT2D eigenvalue weighted by atomic mass is 9.95. The van der Waals surface area contributed by atoms with E-state index in [9.17, 15) is 0 Å². The predicted molar refractivity (Wildman–Crippen MR) is 84.1 cm³/mol. The number of nitrogens with one attached hydrogen (secondary N) is 2. The van der Waals surface area contributed by atoms with E-state index in [1.165, 1.54) is 25.7 Å². The molecule has 0 aromatic carbocycles. The smallest absolute Gasteiger partial charge is 0.134 e. The molecule has 2 N–H and O–H groups in total. The average Bonchev–Trinajstić information content (AvgIpc) is 2.44. The van der Waals surface area contributed by atoms with Crippen LogP contribution in [0.4, 0.5) is 11.6 Å². The van der Waals surface area contributed by atoms with Crippen LogP contribution in [0.5, 0.6) is 0 Å². The van der Waals surface area contributed by atoms with Crippen molar-refractivity contribution in [2.75, 3.05) is 23.4 Å². The van der Waals surface area contributed by atoms with Crippen molar-refractivity contribution in [3.63, 3.8) is 0 Å². The molecular formula is C14H24N4S. The summed E-state index contributed by atoms with van der Waals surface area (Å²) >= 11 is 1.97. The van der Waals surface area contributed by atoms with E-state index < -0.39 is 0 Å². The van der Waals surface area contributed by atoms with Gasteiger partial charge in [0.2, 0.25) is 0 Å². The van der Waals surface area contributed by atoms with Gasteiger partial charge in [-0.15, -0.1) is 0 Å². The van der Waals surface area contributed by atoms with E-state index in [-0.39, 0.29) is 0 Å². The first-order chi connectivity index (χ1) is 9.26. The zero-order valence-corrected chi connectivity index (χ0v) is 12.9. The monoisotopic (exact) mass is 280 g/mol. The van der Waals surface area contributed by atoms with Gasteiger partial charge in [-0.2, -0.15) is 11.8 Å². The molecule has 1 heterocycles. The third kappa shape index (κ3) is 3.53. The first-order valence-electron chi connectivity index (χ1n) is 7.11. The highest BCUT2D eigenvalue weighted by Crippen LogP contribution is 2.30. The van der Waals surface area contributed by atoms with Gasteiger partial charge in [-0.25, -0.2) is 9.97 Å². The molecule has 2 unspecified atom stereocenters. The Balaban J connectivity index is 2.11. The predicted octanol–water partition coefficient (Wildman–Crippen LogP) is 3.30. The van der Waals surface area contributed by atoms with Crippen molar-refractivity contribution in [1.29, 1.82) is 0 Å². The molecule has 0 saturated heterocycles. The minimum absolute atomic E-state index is 0.534. The Morgan fingerprint density at radius 1 is 1.26 bits per heavy atom. The number of aromatic nitrogens is 2. The summed E-state index contributed by atoms with van der Waals surface area (Å²) in [4.78, 5) is 8.71. The molecule has 0 spiro atoms. The molecule has 1 aromatic rings. The van der Waals surface area contributed by atoms with E-state index >= 15 is 0 Å². The number of hydrogen-bond donors (Lipinski definition) is 2. The van der Waals surface area contributed by atoms with Crippen LogP contribution < -0.4 is 10.6 Å². The maximum atomic E-state index is 4.41. The third-order valence-corrected chi connectivity index (χ3v) is 4.93. The quantitative estimate of drug-likeness (QED) is 0.866. The SMILES string of the molecule is CCNc1ncnc(NC2CCCCC2SC)c1C. The lowest BCUT2D eigenvalue weighted by molar-refractivity contribution is 0.474. The van der Waals surface area contributed by atoms with Gasteiger partial charge in [0, 0.05) is 23.4 Å². The minimum Gasteiger partial charge on any atom is -0.370 e. The molecular weight excluding hydrogens is 256 g/mol. The second kappa shape index (κ2) is 6.98. The number of thioether (sulfide) groups is 1. The van der Waals surface area contributed by atoms with Crippen LogP contribution in [0.25, 0.3) is 0 Å². The molecule has 0 amide bonds. The van der Waals surface area contributed by atoms with Gasteiger partial charge in [-0.05, 0) is 32.9 Å². The summed E-state index contributed by atoms with van der Waals surface area (Å²) in [5.74, 6) is 1.92. The highest BCUT2D eigenvalue weighted by Gasteiger charge is 2.25. The molecule has 1 aliphatic carbocycles. The molecule has 2 rings (SSSR count). The molecule has 0 aliphatic heterocycles. The lowest BCUT2D eigenvalue weighted by Crippen LogP contribution is -2.34. The summed E-state index contributed by atoms with van der Waals surface area (Å²) in [6.07, 6.45) is 9.08. The zero-order chi connectivity index (χ0) is 13.7. The fourth-order valence-corrected chi connectivity index (χ4v) is 3.60. The minimum atomic E-state index is 0.534. The number of rotatable bonds is 5. The van der Waals surface area contributed by atoms with Gasteiger partial charge in [-0.3, -0.25) is 0 Å². The molecule has 4 nitrogen and oxygen atoms in total. The maximum Gasteiger partial charge on any atom is 0.134 e. The molecule has 1 aliphatic rings. The Labute approximate surface area is 120 Å². The number of hydrogen-bond acceptors (Lipinski definition) is 5. The van der Waals surface area contributed by atoms with Crippen molar-refractivity contribution in [2.24, 2.45) is 0 Å². The van der Waals surface area contributed by atoms with Crippen LogP contribution in [0, 0.1) is 6.92 Å². The second-order valence-electron chi connectivity index (χ2n) is 5.04. The summed E-state index contributed by atoms with van der Waals surface area (Å²) in [5.41, 5.74) is 1.12. The molecule has 0 radical (unpaired) electrons. The van der Waals surface area contributed by atoms with Crippen molar-refractivity contribution in [1.82, 2.24) is 9.97 Å². The molecule has 1 fully saturated rings. The Morgan fingerprint density at radius 2 is 2.00 bits per heavy atom. The van der Waals surface area contributed by atoms with E-state index in [2.05, 4.69) is 40.7 Å². The highest BCUT2D eigenvalue weighted by atomic mass is 32.2. The van der Waals surface area contributed by atoms with Gasteiger partial charge in [0.1, 0.15) is 18.0 Å². The van der Waals surface area contributed by atoms with Crippen LogP contribution in [-0.2, 0) is 0 Å². The van der Waals surface area contributed by atoms with Crippen LogP contribution >= 0.6 is 11.8 Å². The Morgan fingerprint density at radius 3 is 2.74 bits per heavy atom. The molecule has 1 aromatic heterocycles. The van der Waals surface area contributed by atoms with Gasteiger partial charge >= 0.3 is 0 Å². The first kappa shape index (κ1) is 14.4. The highest BCUT2D eigenvalue weighted by molar-refractivity contribution is 7.99. The number of nitrogens with zero attached hydrogens (tertiary/aromatic N) is 2. The zero-order valence-electron chi connectivity index (χ0n) is 12.1. The molecule has 106 valence electrons. The van der Waals surface area contributed by atoms with Gasteiger partial charge < -0.3 is 10.6 Å². The van der Waals surface area contributed by atoms with Crippen LogP contribution in [-0.4, -0.2) is 34.1 Å². The standard InChI is InChI=1S/C14H24N4S/c1-4-15-13-10(2)14(17-9-16-13)18-11-7-5-6-8-12(11)19-3/h9,11-12H,4-8H2,1-3H3,(H2,15,16,17,18). The van der Waals surface area contributed by atoms with Crippen LogP contribution in [0.3, 0.4) is 0 Å². The van der Waals surface area contributed by atoms with Crippen molar-refractivity contribution < 1.29 is 0 Å². The molecule has 0 bridgehead atoms. The molecule has 2 atom stereocenters. The Hall–Kier alpha value is -0.970. The van der Waals surface area contributed by atoms with E-state index in [1.807, 2.05) is 11.8 Å². The third-order valence-electron chi connectivity index (χ3n) is 3.76. The van der Waals surface area contributed by atoms with Gasteiger partial charge in [-0.1, -0.05) is 12.8 Å². The fourth-order valence-electron chi connectivity index (χ4n) is 2.66. The van der Waals surface area contributed by atoms with E-state index in [1.54, 1.807) is 6.33 Å².